The summed E-state index contributed by atoms with van der Waals surface area (Å²) in [6, 6.07) is 6.72. The fourth-order valence-corrected chi connectivity index (χ4v) is 1.42. The van der Waals surface area contributed by atoms with Crippen molar-refractivity contribution in [1.29, 1.82) is 0 Å². The Bertz CT molecular complexity index is 414. The molecule has 1 unspecified atom stereocenters. The Hall–Kier alpha value is -1.85. The van der Waals surface area contributed by atoms with Gasteiger partial charge in [-0.1, -0.05) is 42.0 Å². The molecule has 98 valence electrons. The highest BCUT2D eigenvalue weighted by Crippen LogP contribution is 2.06. The predicted molar refractivity (Wildman–Crippen MR) is 68.3 cm³/mol. The molecule has 18 heavy (non-hydrogen) atoms. The number of aliphatic hydroxyl groups excluding tert-OH is 2. The molecule has 1 aromatic carbocycles. The van der Waals surface area contributed by atoms with Gasteiger partial charge >= 0.3 is 6.09 Å². The van der Waals surface area contributed by atoms with Crippen molar-refractivity contribution < 1.29 is 20.1 Å². The highest BCUT2D eigenvalue weighted by molar-refractivity contribution is 5.65. The average Bonchev–Trinajstić information content (AvgIpc) is 2.34. The van der Waals surface area contributed by atoms with Crippen LogP contribution in [0.2, 0.25) is 0 Å². The summed E-state index contributed by atoms with van der Waals surface area (Å²) in [5.74, 6) is 0. The highest BCUT2D eigenvalue weighted by atomic mass is 16.4. The lowest BCUT2D eigenvalue weighted by Crippen LogP contribution is -2.44. The summed E-state index contributed by atoms with van der Waals surface area (Å²) in [6.07, 6.45) is 0.766. The summed E-state index contributed by atoms with van der Waals surface area (Å²) in [7, 11) is 0. The number of nitrogens with one attached hydrogen (secondary N) is 1. The van der Waals surface area contributed by atoms with Crippen molar-refractivity contribution in [2.24, 2.45) is 0 Å². The second-order valence-electron chi connectivity index (χ2n) is 4.00. The zero-order valence-electron chi connectivity index (χ0n) is 10.1. The maximum absolute atomic E-state index is 10.4. The zero-order valence-corrected chi connectivity index (χ0v) is 10.1. The SMILES string of the molecule is Cc1ccc(/C=C/[C@H](O)C(CO)NC(=O)O)cc1. The molecule has 1 rings (SSSR count). The number of hydrogen-bond donors (Lipinski definition) is 4. The molecule has 0 spiro atoms. The Morgan fingerprint density at radius 1 is 1.39 bits per heavy atom. The van der Waals surface area contributed by atoms with E-state index < -0.39 is 24.8 Å². The van der Waals surface area contributed by atoms with E-state index in [2.05, 4.69) is 0 Å². The van der Waals surface area contributed by atoms with E-state index in [-0.39, 0.29) is 0 Å². The van der Waals surface area contributed by atoms with E-state index >= 15 is 0 Å². The summed E-state index contributed by atoms with van der Waals surface area (Å²) >= 11 is 0. The van der Waals surface area contributed by atoms with Gasteiger partial charge in [-0.3, -0.25) is 0 Å². The standard InChI is InChI=1S/C13H17NO4/c1-9-2-4-10(5-3-9)6-7-12(16)11(8-15)14-13(17)18/h2-7,11-12,14-16H,8H2,1H3,(H,17,18)/b7-6+/t11?,12-/m0/s1. The fraction of sp³-hybridized carbons (Fsp3) is 0.308. The third kappa shape index (κ3) is 4.57. The maximum Gasteiger partial charge on any atom is 0.405 e. The van der Waals surface area contributed by atoms with E-state index in [9.17, 15) is 9.90 Å². The van der Waals surface area contributed by atoms with E-state index in [1.54, 1.807) is 6.08 Å². The number of benzene rings is 1. The first-order chi connectivity index (χ1) is 8.52. The minimum absolute atomic E-state index is 0.467. The maximum atomic E-state index is 10.4. The van der Waals surface area contributed by atoms with Crippen LogP contribution in [-0.2, 0) is 0 Å². The van der Waals surface area contributed by atoms with Gasteiger partial charge in [0.1, 0.15) is 0 Å². The second-order valence-corrected chi connectivity index (χ2v) is 4.00. The largest absolute Gasteiger partial charge is 0.465 e. The van der Waals surface area contributed by atoms with Crippen LogP contribution in [0.4, 0.5) is 4.79 Å². The van der Waals surface area contributed by atoms with Crippen LogP contribution in [0.25, 0.3) is 6.08 Å². The molecule has 0 fully saturated rings. The first-order valence-corrected chi connectivity index (χ1v) is 5.56. The van der Waals surface area contributed by atoms with Gasteiger partial charge in [-0.05, 0) is 12.5 Å². The lowest BCUT2D eigenvalue weighted by molar-refractivity contribution is 0.116. The van der Waals surface area contributed by atoms with Crippen LogP contribution in [-0.4, -0.2) is 40.2 Å². The van der Waals surface area contributed by atoms with E-state index in [1.807, 2.05) is 36.5 Å². The van der Waals surface area contributed by atoms with Gasteiger partial charge in [0, 0.05) is 0 Å². The van der Waals surface area contributed by atoms with Crippen LogP contribution in [0.3, 0.4) is 0 Å². The number of rotatable bonds is 5. The Kier molecular flexibility index (Phi) is 5.35. The van der Waals surface area contributed by atoms with Gasteiger partial charge < -0.3 is 20.6 Å². The summed E-state index contributed by atoms with van der Waals surface area (Å²) in [5, 5.41) is 29.2. The minimum Gasteiger partial charge on any atom is -0.465 e. The van der Waals surface area contributed by atoms with E-state index in [1.165, 1.54) is 6.08 Å². The van der Waals surface area contributed by atoms with Crippen LogP contribution in [0.1, 0.15) is 11.1 Å². The number of aliphatic hydroxyl groups is 2. The molecule has 4 N–H and O–H groups in total. The lowest BCUT2D eigenvalue weighted by atomic mass is 10.1. The molecule has 0 aliphatic rings. The molecule has 1 aromatic rings. The van der Waals surface area contributed by atoms with Gasteiger partial charge in [0.15, 0.2) is 0 Å². The smallest absolute Gasteiger partial charge is 0.405 e. The molecule has 0 heterocycles. The molecule has 5 nitrogen and oxygen atoms in total. The van der Waals surface area contributed by atoms with E-state index in [0.29, 0.717) is 0 Å². The molecule has 0 aromatic heterocycles. The molecule has 0 aliphatic carbocycles. The molecular formula is C13H17NO4. The van der Waals surface area contributed by atoms with Gasteiger partial charge in [-0.25, -0.2) is 4.79 Å². The van der Waals surface area contributed by atoms with Crippen molar-refractivity contribution >= 4 is 12.2 Å². The monoisotopic (exact) mass is 251 g/mol. The Morgan fingerprint density at radius 2 is 2.00 bits per heavy atom. The number of carboxylic acid groups (broad SMARTS) is 1. The lowest BCUT2D eigenvalue weighted by Gasteiger charge is -2.17. The van der Waals surface area contributed by atoms with Crippen LogP contribution in [0, 0.1) is 6.92 Å². The first kappa shape index (κ1) is 14.2. The van der Waals surface area contributed by atoms with E-state index in [4.69, 9.17) is 10.2 Å². The Labute approximate surface area is 105 Å². The third-order valence-corrected chi connectivity index (χ3v) is 2.48. The molecule has 1 amide bonds. The minimum atomic E-state index is -1.28. The van der Waals surface area contributed by atoms with Gasteiger partial charge in [-0.2, -0.15) is 0 Å². The van der Waals surface area contributed by atoms with Gasteiger partial charge in [0.05, 0.1) is 18.8 Å². The second kappa shape index (κ2) is 6.78. The van der Waals surface area contributed by atoms with Crippen molar-refractivity contribution in [3.8, 4) is 0 Å². The molecule has 0 bridgehead atoms. The molecule has 0 saturated carbocycles. The molecule has 0 saturated heterocycles. The summed E-state index contributed by atoms with van der Waals surface area (Å²) in [6.45, 7) is 1.51. The highest BCUT2D eigenvalue weighted by Gasteiger charge is 2.17. The van der Waals surface area contributed by atoms with Crippen molar-refractivity contribution in [2.75, 3.05) is 6.61 Å². The average molecular weight is 251 g/mol. The van der Waals surface area contributed by atoms with Gasteiger partial charge in [-0.15, -0.1) is 0 Å². The summed E-state index contributed by atoms with van der Waals surface area (Å²) < 4.78 is 0. The molecule has 2 atom stereocenters. The normalized spacial score (nSPS) is 14.4. The van der Waals surface area contributed by atoms with Crippen molar-refractivity contribution in [1.82, 2.24) is 5.32 Å². The zero-order chi connectivity index (χ0) is 13.5. The number of amides is 1. The van der Waals surface area contributed by atoms with E-state index in [0.717, 1.165) is 11.1 Å². The van der Waals surface area contributed by atoms with Crippen molar-refractivity contribution in [3.05, 3.63) is 41.5 Å². The number of hydrogen-bond acceptors (Lipinski definition) is 3. The van der Waals surface area contributed by atoms with Crippen LogP contribution >= 0.6 is 0 Å². The predicted octanol–water partition coefficient (Wildman–Crippen LogP) is 0.998. The Balaban J connectivity index is 2.64. The quantitative estimate of drug-likeness (QED) is 0.628. The molecular weight excluding hydrogens is 234 g/mol. The Morgan fingerprint density at radius 3 is 2.50 bits per heavy atom. The molecule has 0 aliphatic heterocycles. The molecule has 0 radical (unpaired) electrons. The number of aryl methyl sites for hydroxylation is 1. The summed E-state index contributed by atoms with van der Waals surface area (Å²) in [4.78, 5) is 10.4. The van der Waals surface area contributed by atoms with Gasteiger partial charge in [0.25, 0.3) is 0 Å². The third-order valence-electron chi connectivity index (χ3n) is 2.48. The molecule has 5 heteroatoms. The van der Waals surface area contributed by atoms with Crippen LogP contribution in [0.5, 0.6) is 0 Å². The summed E-state index contributed by atoms with van der Waals surface area (Å²) in [5.41, 5.74) is 2.03. The van der Waals surface area contributed by atoms with Crippen molar-refractivity contribution in [3.63, 3.8) is 0 Å². The topological polar surface area (TPSA) is 89.8 Å². The van der Waals surface area contributed by atoms with Crippen LogP contribution in [0.15, 0.2) is 30.3 Å². The first-order valence-electron chi connectivity index (χ1n) is 5.56. The van der Waals surface area contributed by atoms with Gasteiger partial charge in [0.2, 0.25) is 0 Å². The number of carbonyl (C=O) groups is 1. The van der Waals surface area contributed by atoms with Crippen molar-refractivity contribution in [2.45, 2.75) is 19.1 Å². The van der Waals surface area contributed by atoms with Crippen LogP contribution < -0.4 is 5.32 Å². The fourth-order valence-electron chi connectivity index (χ4n) is 1.42.